The maximum absolute atomic E-state index is 13.3. The van der Waals surface area contributed by atoms with Gasteiger partial charge in [-0.2, -0.15) is 0 Å². The Morgan fingerprint density at radius 3 is 2.29 bits per heavy atom. The van der Waals surface area contributed by atoms with Crippen LogP contribution in [0.5, 0.6) is 0 Å². The number of carbonyl (C=O) groups is 2. The number of amides is 2. The van der Waals surface area contributed by atoms with E-state index in [1.807, 2.05) is 0 Å². The molecule has 0 aliphatic rings. The molecule has 3 aromatic rings. The molecule has 0 saturated carbocycles. The predicted octanol–water partition coefficient (Wildman–Crippen LogP) is 3.88. The SMILES string of the molecule is CC(=O)Nc1ccc(Nc2cc(C(=O)Nc3cccc(F)c3)nc(C)n2)cc1. The van der Waals surface area contributed by atoms with Crippen molar-refractivity contribution in [3.63, 3.8) is 0 Å². The van der Waals surface area contributed by atoms with Gasteiger partial charge in [0, 0.05) is 30.1 Å². The Bertz CT molecular complexity index is 1020. The third-order valence-electron chi connectivity index (χ3n) is 3.63. The highest BCUT2D eigenvalue weighted by Crippen LogP contribution is 2.19. The van der Waals surface area contributed by atoms with Crippen LogP contribution in [0.4, 0.5) is 27.3 Å². The van der Waals surface area contributed by atoms with Crippen LogP contribution < -0.4 is 16.0 Å². The Morgan fingerprint density at radius 2 is 1.61 bits per heavy atom. The Balaban J connectivity index is 1.75. The zero-order chi connectivity index (χ0) is 20.1. The van der Waals surface area contributed by atoms with E-state index in [9.17, 15) is 14.0 Å². The number of nitrogens with zero attached hydrogens (tertiary/aromatic N) is 2. The number of anilines is 4. The first-order chi connectivity index (χ1) is 13.4. The first-order valence-electron chi connectivity index (χ1n) is 8.46. The number of aryl methyl sites for hydroxylation is 1. The number of hydrogen-bond donors (Lipinski definition) is 3. The lowest BCUT2D eigenvalue weighted by molar-refractivity contribution is -0.114. The fourth-order valence-electron chi connectivity index (χ4n) is 2.50. The van der Waals surface area contributed by atoms with Crippen molar-refractivity contribution < 1.29 is 14.0 Å². The summed E-state index contributed by atoms with van der Waals surface area (Å²) in [7, 11) is 0. The fourth-order valence-corrected chi connectivity index (χ4v) is 2.50. The molecule has 0 radical (unpaired) electrons. The molecule has 2 amide bonds. The van der Waals surface area contributed by atoms with Crippen LogP contribution in [0.25, 0.3) is 0 Å². The second kappa shape index (κ2) is 8.26. The number of halogens is 1. The molecule has 0 fully saturated rings. The molecule has 3 N–H and O–H groups in total. The molecule has 2 aromatic carbocycles. The molecule has 3 rings (SSSR count). The highest BCUT2D eigenvalue weighted by molar-refractivity contribution is 6.03. The zero-order valence-corrected chi connectivity index (χ0v) is 15.3. The van der Waals surface area contributed by atoms with E-state index in [0.29, 0.717) is 23.0 Å². The van der Waals surface area contributed by atoms with Gasteiger partial charge in [0.1, 0.15) is 23.2 Å². The Labute approximate surface area is 161 Å². The maximum Gasteiger partial charge on any atom is 0.274 e. The van der Waals surface area contributed by atoms with Gasteiger partial charge in [0.25, 0.3) is 5.91 Å². The predicted molar refractivity (Wildman–Crippen MR) is 105 cm³/mol. The Kier molecular flexibility index (Phi) is 5.59. The van der Waals surface area contributed by atoms with Crippen LogP contribution in [0.3, 0.4) is 0 Å². The monoisotopic (exact) mass is 379 g/mol. The molecule has 0 saturated heterocycles. The van der Waals surface area contributed by atoms with Gasteiger partial charge in [0.15, 0.2) is 0 Å². The average Bonchev–Trinajstić information content (AvgIpc) is 2.62. The van der Waals surface area contributed by atoms with Crippen molar-refractivity contribution in [2.75, 3.05) is 16.0 Å². The van der Waals surface area contributed by atoms with E-state index in [-0.39, 0.29) is 11.6 Å². The highest BCUT2D eigenvalue weighted by Gasteiger charge is 2.11. The van der Waals surface area contributed by atoms with E-state index < -0.39 is 11.7 Å². The van der Waals surface area contributed by atoms with E-state index in [2.05, 4.69) is 25.9 Å². The molecule has 0 aliphatic heterocycles. The topological polar surface area (TPSA) is 96.0 Å². The minimum absolute atomic E-state index is 0.147. The number of carbonyl (C=O) groups excluding carboxylic acids is 2. The fraction of sp³-hybridized carbons (Fsp3) is 0.100. The molecule has 1 heterocycles. The van der Waals surface area contributed by atoms with Crippen LogP contribution in [-0.2, 0) is 4.79 Å². The summed E-state index contributed by atoms with van der Waals surface area (Å²) < 4.78 is 13.3. The smallest absolute Gasteiger partial charge is 0.274 e. The molecular formula is C20H18FN5O2. The van der Waals surface area contributed by atoms with Gasteiger partial charge in [-0.1, -0.05) is 6.07 Å². The van der Waals surface area contributed by atoms with E-state index in [0.717, 1.165) is 5.69 Å². The molecule has 0 aliphatic carbocycles. The molecule has 8 heteroatoms. The summed E-state index contributed by atoms with van der Waals surface area (Å²) in [4.78, 5) is 31.9. The molecule has 0 unspecified atom stereocenters. The summed E-state index contributed by atoms with van der Waals surface area (Å²) in [6, 6.07) is 14.2. The molecule has 0 spiro atoms. The van der Waals surface area contributed by atoms with Crippen LogP contribution in [0, 0.1) is 12.7 Å². The van der Waals surface area contributed by atoms with Crippen molar-refractivity contribution in [1.29, 1.82) is 0 Å². The summed E-state index contributed by atoms with van der Waals surface area (Å²) in [5.74, 6) is -0.226. The van der Waals surface area contributed by atoms with Crippen LogP contribution >= 0.6 is 0 Å². The van der Waals surface area contributed by atoms with Crippen molar-refractivity contribution in [3.05, 3.63) is 71.9 Å². The van der Waals surface area contributed by atoms with Crippen molar-refractivity contribution in [1.82, 2.24) is 9.97 Å². The van der Waals surface area contributed by atoms with Gasteiger partial charge in [-0.3, -0.25) is 9.59 Å². The van der Waals surface area contributed by atoms with Crippen molar-refractivity contribution in [3.8, 4) is 0 Å². The minimum atomic E-state index is -0.472. The van der Waals surface area contributed by atoms with Crippen molar-refractivity contribution in [2.45, 2.75) is 13.8 Å². The van der Waals surface area contributed by atoms with Crippen LogP contribution in [0.2, 0.25) is 0 Å². The minimum Gasteiger partial charge on any atom is -0.340 e. The van der Waals surface area contributed by atoms with Gasteiger partial charge >= 0.3 is 0 Å². The normalized spacial score (nSPS) is 10.2. The molecule has 7 nitrogen and oxygen atoms in total. The molecule has 1 aromatic heterocycles. The molecular weight excluding hydrogens is 361 g/mol. The van der Waals surface area contributed by atoms with Gasteiger partial charge in [-0.15, -0.1) is 0 Å². The standard InChI is InChI=1S/C20H18FN5O2/c1-12-22-18(20(28)26-17-5-3-4-14(21)10-17)11-19(23-12)25-16-8-6-15(7-9-16)24-13(2)27/h3-11H,1-2H3,(H,24,27)(H,26,28)(H,22,23,25). The van der Waals surface area contributed by atoms with Gasteiger partial charge in [-0.25, -0.2) is 14.4 Å². The summed E-state index contributed by atoms with van der Waals surface area (Å²) in [5, 5.41) is 8.38. The average molecular weight is 379 g/mol. The maximum atomic E-state index is 13.3. The quantitative estimate of drug-likeness (QED) is 0.625. The van der Waals surface area contributed by atoms with E-state index >= 15 is 0 Å². The molecule has 0 atom stereocenters. The Morgan fingerprint density at radius 1 is 0.893 bits per heavy atom. The second-order valence-electron chi connectivity index (χ2n) is 6.03. The van der Waals surface area contributed by atoms with Gasteiger partial charge in [0.05, 0.1) is 0 Å². The number of hydrogen-bond acceptors (Lipinski definition) is 5. The van der Waals surface area contributed by atoms with E-state index in [1.165, 1.54) is 31.2 Å². The molecule has 0 bridgehead atoms. The summed E-state index contributed by atoms with van der Waals surface area (Å²) >= 11 is 0. The van der Waals surface area contributed by atoms with Gasteiger partial charge in [0.2, 0.25) is 5.91 Å². The second-order valence-corrected chi connectivity index (χ2v) is 6.03. The van der Waals surface area contributed by atoms with Crippen LogP contribution in [0.15, 0.2) is 54.6 Å². The number of benzene rings is 2. The van der Waals surface area contributed by atoms with Crippen LogP contribution in [0.1, 0.15) is 23.2 Å². The van der Waals surface area contributed by atoms with Crippen LogP contribution in [-0.4, -0.2) is 21.8 Å². The van der Waals surface area contributed by atoms with Crippen molar-refractivity contribution >= 4 is 34.7 Å². The summed E-state index contributed by atoms with van der Waals surface area (Å²) in [6.45, 7) is 3.11. The number of aromatic nitrogens is 2. The summed E-state index contributed by atoms with van der Waals surface area (Å²) in [6.07, 6.45) is 0. The first-order valence-corrected chi connectivity index (χ1v) is 8.46. The highest BCUT2D eigenvalue weighted by atomic mass is 19.1. The van der Waals surface area contributed by atoms with Gasteiger partial charge in [-0.05, 0) is 49.4 Å². The zero-order valence-electron chi connectivity index (χ0n) is 15.3. The van der Waals surface area contributed by atoms with E-state index in [4.69, 9.17) is 0 Å². The van der Waals surface area contributed by atoms with Gasteiger partial charge < -0.3 is 16.0 Å². The molecule has 28 heavy (non-hydrogen) atoms. The Hall–Kier alpha value is -3.81. The number of nitrogens with one attached hydrogen (secondary N) is 3. The summed E-state index contributed by atoms with van der Waals surface area (Å²) in [5.41, 5.74) is 1.88. The van der Waals surface area contributed by atoms with Crippen molar-refractivity contribution in [2.24, 2.45) is 0 Å². The largest absolute Gasteiger partial charge is 0.340 e. The lowest BCUT2D eigenvalue weighted by Gasteiger charge is -2.10. The molecule has 142 valence electrons. The first kappa shape index (κ1) is 19.0. The third kappa shape index (κ3) is 5.10. The third-order valence-corrected chi connectivity index (χ3v) is 3.63. The number of rotatable bonds is 5. The lowest BCUT2D eigenvalue weighted by atomic mass is 10.2. The van der Waals surface area contributed by atoms with E-state index in [1.54, 1.807) is 37.3 Å². The lowest BCUT2D eigenvalue weighted by Crippen LogP contribution is -2.15.